The molecule has 4 nitrogen and oxygen atoms in total. The zero-order chi connectivity index (χ0) is 14.1. The number of halogens is 1. The van der Waals surface area contributed by atoms with Crippen LogP contribution in [0.25, 0.3) is 0 Å². The Bertz CT molecular complexity index is 624. The molecule has 20 heavy (non-hydrogen) atoms. The fraction of sp³-hybridized carbons (Fsp3) is 0.333. The van der Waals surface area contributed by atoms with Gasteiger partial charge in [0.05, 0.1) is 19.3 Å². The van der Waals surface area contributed by atoms with Crippen LogP contribution in [-0.4, -0.2) is 13.2 Å². The van der Waals surface area contributed by atoms with Gasteiger partial charge in [-0.2, -0.15) is 0 Å². The SMILES string of the molecule is Cc1ccc(C(N)c2cc3c(cc2Br)OCCCO3)o1. The predicted octanol–water partition coefficient (Wildman–Crippen LogP) is 3.56. The van der Waals surface area contributed by atoms with Crippen molar-refractivity contribution >= 4 is 15.9 Å². The molecule has 0 fully saturated rings. The van der Waals surface area contributed by atoms with Crippen LogP contribution in [0.3, 0.4) is 0 Å². The molecule has 1 aromatic heterocycles. The summed E-state index contributed by atoms with van der Waals surface area (Å²) < 4.78 is 17.9. The highest BCUT2D eigenvalue weighted by Crippen LogP contribution is 2.38. The zero-order valence-corrected chi connectivity index (χ0v) is 12.8. The van der Waals surface area contributed by atoms with Crippen LogP contribution in [0.4, 0.5) is 0 Å². The highest BCUT2D eigenvalue weighted by atomic mass is 79.9. The van der Waals surface area contributed by atoms with Gasteiger partial charge in [0, 0.05) is 10.9 Å². The Morgan fingerprint density at radius 3 is 2.50 bits per heavy atom. The van der Waals surface area contributed by atoms with Crippen molar-refractivity contribution in [1.82, 2.24) is 0 Å². The van der Waals surface area contributed by atoms with E-state index in [1.54, 1.807) is 0 Å². The fourth-order valence-electron chi connectivity index (χ4n) is 2.21. The van der Waals surface area contributed by atoms with Crippen molar-refractivity contribution in [3.05, 3.63) is 45.8 Å². The monoisotopic (exact) mass is 337 g/mol. The van der Waals surface area contributed by atoms with Crippen LogP contribution in [0.2, 0.25) is 0 Å². The van der Waals surface area contributed by atoms with Crippen molar-refractivity contribution in [2.75, 3.05) is 13.2 Å². The quantitative estimate of drug-likeness (QED) is 0.910. The molecule has 2 aromatic rings. The van der Waals surface area contributed by atoms with Gasteiger partial charge in [0.15, 0.2) is 11.5 Å². The summed E-state index contributed by atoms with van der Waals surface area (Å²) in [6.07, 6.45) is 0.880. The van der Waals surface area contributed by atoms with Gasteiger partial charge in [-0.3, -0.25) is 0 Å². The lowest BCUT2D eigenvalue weighted by Crippen LogP contribution is -2.12. The van der Waals surface area contributed by atoms with Crippen molar-refractivity contribution in [3.63, 3.8) is 0 Å². The predicted molar refractivity (Wildman–Crippen MR) is 79.2 cm³/mol. The Labute approximate surface area is 126 Å². The van der Waals surface area contributed by atoms with Gasteiger partial charge in [-0.25, -0.2) is 0 Å². The number of rotatable bonds is 2. The first-order chi connectivity index (χ1) is 9.65. The van der Waals surface area contributed by atoms with Crippen molar-refractivity contribution in [2.45, 2.75) is 19.4 Å². The minimum Gasteiger partial charge on any atom is -0.490 e. The summed E-state index contributed by atoms with van der Waals surface area (Å²) in [5, 5.41) is 0. The molecule has 0 saturated heterocycles. The molecule has 1 aromatic carbocycles. The Morgan fingerprint density at radius 2 is 1.85 bits per heavy atom. The highest BCUT2D eigenvalue weighted by molar-refractivity contribution is 9.10. The van der Waals surface area contributed by atoms with Crippen LogP contribution in [0.1, 0.15) is 29.5 Å². The molecule has 0 aliphatic carbocycles. The molecule has 0 saturated carbocycles. The number of fused-ring (bicyclic) bond motifs is 1. The fourth-order valence-corrected chi connectivity index (χ4v) is 2.78. The second-order valence-corrected chi connectivity index (χ2v) is 5.65. The van der Waals surface area contributed by atoms with Gasteiger partial charge in [-0.15, -0.1) is 0 Å². The van der Waals surface area contributed by atoms with E-state index >= 15 is 0 Å². The average molecular weight is 338 g/mol. The summed E-state index contributed by atoms with van der Waals surface area (Å²) >= 11 is 3.55. The number of hydrogen-bond donors (Lipinski definition) is 1. The first-order valence-corrected chi connectivity index (χ1v) is 7.35. The number of benzene rings is 1. The van der Waals surface area contributed by atoms with Crippen molar-refractivity contribution in [1.29, 1.82) is 0 Å². The average Bonchev–Trinajstić information content (AvgIpc) is 2.73. The Balaban J connectivity index is 1.99. The van der Waals surface area contributed by atoms with E-state index in [0.717, 1.165) is 39.5 Å². The number of furan rings is 1. The van der Waals surface area contributed by atoms with Crippen LogP contribution >= 0.6 is 15.9 Å². The molecular formula is C15H16BrNO3. The third-order valence-electron chi connectivity index (χ3n) is 3.27. The molecule has 0 radical (unpaired) electrons. The van der Waals surface area contributed by atoms with Gasteiger partial charge in [-0.1, -0.05) is 15.9 Å². The maximum absolute atomic E-state index is 6.28. The smallest absolute Gasteiger partial charge is 0.162 e. The van der Waals surface area contributed by atoms with Crippen LogP contribution in [-0.2, 0) is 0 Å². The molecule has 1 aliphatic heterocycles. The van der Waals surface area contributed by atoms with Gasteiger partial charge in [0.1, 0.15) is 11.5 Å². The van der Waals surface area contributed by atoms with E-state index in [2.05, 4.69) is 15.9 Å². The third kappa shape index (κ3) is 2.55. The lowest BCUT2D eigenvalue weighted by molar-refractivity contribution is 0.297. The minimum atomic E-state index is -0.338. The van der Waals surface area contributed by atoms with Gasteiger partial charge in [-0.05, 0) is 36.8 Å². The van der Waals surface area contributed by atoms with E-state index in [-0.39, 0.29) is 6.04 Å². The lowest BCUT2D eigenvalue weighted by atomic mass is 10.0. The number of ether oxygens (including phenoxy) is 2. The molecule has 2 heterocycles. The molecular weight excluding hydrogens is 322 g/mol. The molecule has 1 unspecified atom stereocenters. The van der Waals surface area contributed by atoms with E-state index in [0.29, 0.717) is 13.2 Å². The molecule has 0 bridgehead atoms. The van der Waals surface area contributed by atoms with E-state index in [4.69, 9.17) is 19.6 Å². The molecule has 5 heteroatoms. The first kappa shape index (κ1) is 13.5. The van der Waals surface area contributed by atoms with Gasteiger partial charge in [0.25, 0.3) is 0 Å². The second kappa shape index (κ2) is 5.50. The number of aryl methyl sites for hydroxylation is 1. The van der Waals surface area contributed by atoms with E-state index in [9.17, 15) is 0 Å². The highest BCUT2D eigenvalue weighted by Gasteiger charge is 2.20. The van der Waals surface area contributed by atoms with Gasteiger partial charge >= 0.3 is 0 Å². The molecule has 1 aliphatic rings. The maximum Gasteiger partial charge on any atom is 0.162 e. The van der Waals surface area contributed by atoms with Gasteiger partial charge < -0.3 is 19.6 Å². The Kier molecular flexibility index (Phi) is 3.72. The second-order valence-electron chi connectivity index (χ2n) is 4.80. The first-order valence-electron chi connectivity index (χ1n) is 6.56. The van der Waals surface area contributed by atoms with E-state index < -0.39 is 0 Å². The Morgan fingerprint density at radius 1 is 1.15 bits per heavy atom. The van der Waals surface area contributed by atoms with Crippen LogP contribution < -0.4 is 15.2 Å². The molecule has 1 atom stereocenters. The van der Waals surface area contributed by atoms with Crippen LogP contribution in [0.5, 0.6) is 11.5 Å². The van der Waals surface area contributed by atoms with E-state index in [1.807, 2.05) is 31.2 Å². The largest absolute Gasteiger partial charge is 0.490 e. The summed E-state index contributed by atoms with van der Waals surface area (Å²) in [6.45, 7) is 3.23. The zero-order valence-electron chi connectivity index (χ0n) is 11.2. The standard InChI is InChI=1S/C15H16BrNO3/c1-9-3-4-12(20-9)15(17)10-7-13-14(8-11(10)16)19-6-2-5-18-13/h3-4,7-8,15H,2,5-6,17H2,1H3. The number of nitrogens with two attached hydrogens (primary N) is 1. The summed E-state index contributed by atoms with van der Waals surface area (Å²) in [6, 6.07) is 7.30. The minimum absolute atomic E-state index is 0.338. The Hall–Kier alpha value is -1.46. The lowest BCUT2D eigenvalue weighted by Gasteiger charge is -2.15. The van der Waals surface area contributed by atoms with Crippen LogP contribution in [0, 0.1) is 6.92 Å². The topological polar surface area (TPSA) is 57.6 Å². The molecule has 3 rings (SSSR count). The summed E-state index contributed by atoms with van der Waals surface area (Å²) in [4.78, 5) is 0. The summed E-state index contributed by atoms with van der Waals surface area (Å²) in [7, 11) is 0. The maximum atomic E-state index is 6.28. The summed E-state index contributed by atoms with van der Waals surface area (Å²) in [5.74, 6) is 3.07. The molecule has 2 N–H and O–H groups in total. The van der Waals surface area contributed by atoms with E-state index in [1.165, 1.54) is 0 Å². The molecule has 0 amide bonds. The molecule has 0 spiro atoms. The van der Waals surface area contributed by atoms with Crippen molar-refractivity contribution in [3.8, 4) is 11.5 Å². The van der Waals surface area contributed by atoms with Gasteiger partial charge in [0.2, 0.25) is 0 Å². The normalized spacial score (nSPS) is 15.8. The molecule has 106 valence electrons. The summed E-state index contributed by atoms with van der Waals surface area (Å²) in [5.41, 5.74) is 7.20. The van der Waals surface area contributed by atoms with Crippen molar-refractivity contribution in [2.24, 2.45) is 5.73 Å². The number of hydrogen-bond acceptors (Lipinski definition) is 4. The van der Waals surface area contributed by atoms with Crippen LogP contribution in [0.15, 0.2) is 33.2 Å². The third-order valence-corrected chi connectivity index (χ3v) is 3.96. The van der Waals surface area contributed by atoms with Crippen molar-refractivity contribution < 1.29 is 13.9 Å².